The summed E-state index contributed by atoms with van der Waals surface area (Å²) in [6.45, 7) is 8.99. The van der Waals surface area contributed by atoms with E-state index in [0.29, 0.717) is 0 Å². The molecule has 1 heteroatoms. The second-order valence-electron chi connectivity index (χ2n) is 9.17. The Morgan fingerprint density at radius 3 is 1.70 bits per heavy atom. The molecule has 0 saturated carbocycles. The zero-order valence-electron chi connectivity index (χ0n) is 19.1. The van der Waals surface area contributed by atoms with Crippen molar-refractivity contribution in [1.82, 2.24) is 0 Å². The van der Waals surface area contributed by atoms with Crippen LogP contribution in [0.4, 0.5) is 0 Å². The van der Waals surface area contributed by atoms with Gasteiger partial charge in [0.2, 0.25) is 0 Å². The number of allylic oxidation sites excluding steroid dienone is 2. The summed E-state index contributed by atoms with van der Waals surface area (Å²) in [4.78, 5) is 1.90. The third-order valence-electron chi connectivity index (χ3n) is 6.55. The van der Waals surface area contributed by atoms with E-state index in [1.54, 1.807) is 0 Å². The molecule has 0 atom stereocenters. The van der Waals surface area contributed by atoms with Crippen LogP contribution in [0.15, 0.2) is 12.2 Å². The van der Waals surface area contributed by atoms with Gasteiger partial charge < -0.3 is 4.90 Å². The van der Waals surface area contributed by atoms with E-state index in [-0.39, 0.29) is 0 Å². The third kappa shape index (κ3) is 15.3. The molecule has 0 aromatic heterocycles. The maximum Gasteiger partial charge on any atom is 0.0773 e. The molecule has 0 amide bonds. The van der Waals surface area contributed by atoms with Gasteiger partial charge in [0.05, 0.1) is 19.6 Å². The second kappa shape index (κ2) is 19.0. The van der Waals surface area contributed by atoms with Gasteiger partial charge >= 0.3 is 0 Å². The molecular formula is C26H52N+. The molecule has 1 aliphatic rings. The van der Waals surface area contributed by atoms with Gasteiger partial charge in [0.25, 0.3) is 0 Å². The van der Waals surface area contributed by atoms with E-state index in [4.69, 9.17) is 0 Å². The molecule has 0 spiro atoms. The summed E-state index contributed by atoms with van der Waals surface area (Å²) >= 11 is 0. The van der Waals surface area contributed by atoms with Crippen LogP contribution in [0.3, 0.4) is 0 Å². The number of hydrogen-bond donors (Lipinski definition) is 1. The number of hydrogen-bond acceptors (Lipinski definition) is 0. The van der Waals surface area contributed by atoms with Crippen LogP contribution in [-0.4, -0.2) is 19.6 Å². The summed E-state index contributed by atoms with van der Waals surface area (Å²) < 4.78 is 0. The minimum Gasteiger partial charge on any atom is -0.335 e. The maximum atomic E-state index is 2.44. The fraction of sp³-hybridized carbons (Fsp3) is 0.923. The van der Waals surface area contributed by atoms with E-state index in [2.05, 4.69) is 26.0 Å². The minimum atomic E-state index is 1.05. The highest BCUT2D eigenvalue weighted by atomic mass is 15.1. The lowest BCUT2D eigenvalue weighted by molar-refractivity contribution is -0.906. The normalized spacial score (nSPS) is 20.5. The molecule has 1 aliphatic heterocycles. The van der Waals surface area contributed by atoms with E-state index < -0.39 is 0 Å². The van der Waals surface area contributed by atoms with Crippen LogP contribution in [0.5, 0.6) is 0 Å². The second-order valence-corrected chi connectivity index (χ2v) is 9.17. The molecule has 0 bridgehead atoms. The topological polar surface area (TPSA) is 4.44 Å². The largest absolute Gasteiger partial charge is 0.335 e. The SMILES string of the molecule is CCCCCCCC/C=C\CCCCCCCC[NH+]1CCC(CCC)CC1. The van der Waals surface area contributed by atoms with E-state index in [1.165, 1.54) is 135 Å². The van der Waals surface area contributed by atoms with Crippen LogP contribution in [0.25, 0.3) is 0 Å². The Hall–Kier alpha value is -0.300. The van der Waals surface area contributed by atoms with E-state index >= 15 is 0 Å². The number of piperidine rings is 1. The molecule has 0 aliphatic carbocycles. The van der Waals surface area contributed by atoms with Crippen LogP contribution in [0, 0.1) is 5.92 Å². The fourth-order valence-electron chi connectivity index (χ4n) is 4.66. The Balaban J connectivity index is 1.76. The molecule has 1 N–H and O–H groups in total. The summed E-state index contributed by atoms with van der Waals surface area (Å²) in [5.74, 6) is 1.05. The van der Waals surface area contributed by atoms with Crippen LogP contribution in [-0.2, 0) is 0 Å². The number of likely N-dealkylation sites (tertiary alicyclic amines) is 1. The Kier molecular flexibility index (Phi) is 17.4. The van der Waals surface area contributed by atoms with Gasteiger partial charge in [-0.3, -0.25) is 0 Å². The molecule has 0 aromatic carbocycles. The quantitative estimate of drug-likeness (QED) is 0.191. The van der Waals surface area contributed by atoms with Crippen LogP contribution in [0.1, 0.15) is 129 Å². The van der Waals surface area contributed by atoms with Crippen LogP contribution >= 0.6 is 0 Å². The molecule has 1 saturated heterocycles. The van der Waals surface area contributed by atoms with E-state index in [9.17, 15) is 0 Å². The van der Waals surface area contributed by atoms with E-state index in [1.807, 2.05) is 4.90 Å². The Morgan fingerprint density at radius 2 is 1.15 bits per heavy atom. The maximum absolute atomic E-state index is 2.44. The molecule has 0 unspecified atom stereocenters. The van der Waals surface area contributed by atoms with Crippen molar-refractivity contribution in [1.29, 1.82) is 0 Å². The average molecular weight is 379 g/mol. The minimum absolute atomic E-state index is 1.05. The molecule has 160 valence electrons. The average Bonchev–Trinajstić information content (AvgIpc) is 2.69. The summed E-state index contributed by atoms with van der Waals surface area (Å²) in [7, 11) is 0. The number of rotatable bonds is 18. The number of unbranched alkanes of at least 4 members (excludes halogenated alkanes) is 12. The van der Waals surface area contributed by atoms with Crippen LogP contribution in [0.2, 0.25) is 0 Å². The first kappa shape index (κ1) is 24.7. The lowest BCUT2D eigenvalue weighted by Gasteiger charge is -2.29. The first-order valence-electron chi connectivity index (χ1n) is 12.8. The molecule has 1 rings (SSSR count). The van der Waals surface area contributed by atoms with Crippen molar-refractivity contribution in [3.63, 3.8) is 0 Å². The van der Waals surface area contributed by atoms with Crippen molar-refractivity contribution in [2.24, 2.45) is 5.92 Å². The highest BCUT2D eigenvalue weighted by Crippen LogP contribution is 2.15. The molecule has 0 aromatic rings. The van der Waals surface area contributed by atoms with Gasteiger partial charge in [0, 0.05) is 0 Å². The summed E-state index contributed by atoms with van der Waals surface area (Å²) in [5.41, 5.74) is 0. The molecule has 0 radical (unpaired) electrons. The van der Waals surface area contributed by atoms with Crippen molar-refractivity contribution >= 4 is 0 Å². The van der Waals surface area contributed by atoms with E-state index in [0.717, 1.165) is 5.92 Å². The zero-order chi connectivity index (χ0) is 19.4. The number of nitrogens with one attached hydrogen (secondary N) is 1. The van der Waals surface area contributed by atoms with Gasteiger partial charge in [-0.1, -0.05) is 90.2 Å². The van der Waals surface area contributed by atoms with Crippen molar-refractivity contribution in [3.8, 4) is 0 Å². The van der Waals surface area contributed by atoms with Gasteiger partial charge in [-0.2, -0.15) is 0 Å². The van der Waals surface area contributed by atoms with Crippen molar-refractivity contribution < 1.29 is 4.90 Å². The molecule has 1 fully saturated rings. The number of quaternary nitrogens is 1. The van der Waals surface area contributed by atoms with Gasteiger partial charge in [-0.15, -0.1) is 0 Å². The molecule has 27 heavy (non-hydrogen) atoms. The predicted molar refractivity (Wildman–Crippen MR) is 123 cm³/mol. The Bertz CT molecular complexity index is 314. The van der Waals surface area contributed by atoms with Crippen molar-refractivity contribution in [2.45, 2.75) is 129 Å². The highest BCUT2D eigenvalue weighted by molar-refractivity contribution is 4.81. The molecular weight excluding hydrogens is 326 g/mol. The highest BCUT2D eigenvalue weighted by Gasteiger charge is 2.20. The van der Waals surface area contributed by atoms with Crippen molar-refractivity contribution in [2.75, 3.05) is 19.6 Å². The third-order valence-corrected chi connectivity index (χ3v) is 6.55. The molecule has 1 heterocycles. The summed E-state index contributed by atoms with van der Waals surface area (Å²) in [6, 6.07) is 0. The Labute approximate surface area is 172 Å². The Morgan fingerprint density at radius 1 is 0.630 bits per heavy atom. The lowest BCUT2D eigenvalue weighted by Crippen LogP contribution is -3.13. The summed E-state index contributed by atoms with van der Waals surface area (Å²) in [6.07, 6.45) is 30.6. The van der Waals surface area contributed by atoms with Crippen LogP contribution < -0.4 is 4.90 Å². The standard InChI is InChI=1S/C26H51N/c1-3-5-6-7-8-9-10-11-12-13-14-15-16-17-18-19-23-27-24-21-26(20-4-2)22-25-27/h11-12,26H,3-10,13-25H2,1-2H3/p+1/b12-11-. The summed E-state index contributed by atoms with van der Waals surface area (Å²) in [5, 5.41) is 0. The zero-order valence-corrected chi connectivity index (χ0v) is 19.1. The van der Waals surface area contributed by atoms with Gasteiger partial charge in [0.15, 0.2) is 0 Å². The van der Waals surface area contributed by atoms with Gasteiger partial charge in [-0.25, -0.2) is 0 Å². The van der Waals surface area contributed by atoms with Gasteiger partial charge in [-0.05, 0) is 57.3 Å². The monoisotopic (exact) mass is 378 g/mol. The van der Waals surface area contributed by atoms with Gasteiger partial charge in [0.1, 0.15) is 0 Å². The smallest absolute Gasteiger partial charge is 0.0773 e. The van der Waals surface area contributed by atoms with Crippen molar-refractivity contribution in [3.05, 3.63) is 12.2 Å². The fourth-order valence-corrected chi connectivity index (χ4v) is 4.66. The molecule has 1 nitrogen and oxygen atoms in total. The first-order chi connectivity index (χ1) is 13.4. The first-order valence-corrected chi connectivity index (χ1v) is 12.8. The predicted octanol–water partition coefficient (Wildman–Crippen LogP) is 7.12. The lowest BCUT2D eigenvalue weighted by atomic mass is 9.92.